The van der Waals surface area contributed by atoms with Gasteiger partial charge in [-0.2, -0.15) is 13.5 Å². The van der Waals surface area contributed by atoms with E-state index < -0.39 is 10.1 Å². The second-order valence-electron chi connectivity index (χ2n) is 2.50. The first kappa shape index (κ1) is 10.8. The van der Waals surface area contributed by atoms with Gasteiger partial charge in [0.1, 0.15) is 0 Å². The summed E-state index contributed by atoms with van der Waals surface area (Å²) in [4.78, 5) is 0. The molecule has 0 saturated carbocycles. The predicted octanol–water partition coefficient (Wildman–Crippen LogP) is -0.0262. The molecule has 68 valence electrons. The smallest absolute Gasteiger partial charge is 0.264 e. The first-order valence-corrected chi connectivity index (χ1v) is 4.80. The second kappa shape index (κ2) is 4.01. The van der Waals surface area contributed by atoms with Crippen molar-refractivity contribution >= 4 is 10.1 Å². The van der Waals surface area contributed by atoms with Crippen LogP contribution in [0.3, 0.4) is 0 Å². The minimum atomic E-state index is -3.89. The molecule has 0 heterocycles. The summed E-state index contributed by atoms with van der Waals surface area (Å²) in [6.45, 7) is 1.66. The van der Waals surface area contributed by atoms with E-state index in [1.807, 2.05) is 0 Å². The molecule has 0 radical (unpaired) electrons. The summed E-state index contributed by atoms with van der Waals surface area (Å²) < 4.78 is 28.7. The standard InChI is InChI=1S/C5H13NO4S/c1-5(6(2)7)3-4-11(8,9)10/h5,7H,3-4H2,1-2H3,(H,8,9,10). The molecule has 0 aromatic rings. The van der Waals surface area contributed by atoms with Crippen molar-refractivity contribution in [2.45, 2.75) is 19.4 Å². The van der Waals surface area contributed by atoms with Crippen molar-refractivity contribution in [3.63, 3.8) is 0 Å². The zero-order valence-electron chi connectivity index (χ0n) is 6.56. The van der Waals surface area contributed by atoms with E-state index in [1.165, 1.54) is 7.05 Å². The Morgan fingerprint density at radius 1 is 1.55 bits per heavy atom. The van der Waals surface area contributed by atoms with Crippen molar-refractivity contribution in [1.82, 2.24) is 5.06 Å². The van der Waals surface area contributed by atoms with Crippen molar-refractivity contribution in [3.05, 3.63) is 0 Å². The van der Waals surface area contributed by atoms with E-state index in [0.717, 1.165) is 5.06 Å². The van der Waals surface area contributed by atoms with Crippen LogP contribution < -0.4 is 0 Å². The number of hydrogen-bond donors (Lipinski definition) is 2. The maximum absolute atomic E-state index is 10.2. The van der Waals surface area contributed by atoms with Gasteiger partial charge >= 0.3 is 0 Å². The molecular formula is C5H13NO4S. The Kier molecular flexibility index (Phi) is 3.95. The summed E-state index contributed by atoms with van der Waals surface area (Å²) in [6, 6.07) is -0.267. The van der Waals surface area contributed by atoms with Crippen molar-refractivity contribution in [3.8, 4) is 0 Å². The zero-order chi connectivity index (χ0) is 9.07. The molecule has 0 aliphatic heterocycles. The van der Waals surface area contributed by atoms with Crippen molar-refractivity contribution < 1.29 is 18.2 Å². The van der Waals surface area contributed by atoms with E-state index in [0.29, 0.717) is 0 Å². The molecule has 6 heteroatoms. The molecule has 0 aromatic heterocycles. The highest BCUT2D eigenvalue weighted by Crippen LogP contribution is 1.99. The molecular weight excluding hydrogens is 170 g/mol. The van der Waals surface area contributed by atoms with E-state index >= 15 is 0 Å². The van der Waals surface area contributed by atoms with Crippen molar-refractivity contribution in [2.75, 3.05) is 12.8 Å². The highest BCUT2D eigenvalue weighted by molar-refractivity contribution is 7.85. The maximum atomic E-state index is 10.2. The molecule has 0 bridgehead atoms. The molecule has 0 spiro atoms. The minimum Gasteiger partial charge on any atom is -0.314 e. The van der Waals surface area contributed by atoms with E-state index in [2.05, 4.69) is 0 Å². The van der Waals surface area contributed by atoms with Crippen molar-refractivity contribution in [2.24, 2.45) is 0 Å². The van der Waals surface area contributed by atoms with Gasteiger partial charge < -0.3 is 5.21 Å². The molecule has 0 saturated heterocycles. The Hall–Kier alpha value is -0.170. The van der Waals surface area contributed by atoms with Gasteiger partial charge in [0.2, 0.25) is 0 Å². The summed E-state index contributed by atoms with van der Waals surface area (Å²) in [6.07, 6.45) is 0.214. The van der Waals surface area contributed by atoms with Crippen LogP contribution in [-0.2, 0) is 10.1 Å². The Morgan fingerprint density at radius 2 is 2.00 bits per heavy atom. The molecule has 0 rings (SSSR count). The molecule has 1 atom stereocenters. The minimum absolute atomic E-state index is 0.214. The van der Waals surface area contributed by atoms with Crippen molar-refractivity contribution in [1.29, 1.82) is 0 Å². The molecule has 2 N–H and O–H groups in total. The third-order valence-corrected chi connectivity index (χ3v) is 2.18. The van der Waals surface area contributed by atoms with Crippen LogP contribution in [0.1, 0.15) is 13.3 Å². The van der Waals surface area contributed by atoms with Gasteiger partial charge in [0.15, 0.2) is 0 Å². The monoisotopic (exact) mass is 183 g/mol. The molecule has 1 unspecified atom stereocenters. The summed E-state index contributed by atoms with van der Waals surface area (Å²) >= 11 is 0. The van der Waals surface area contributed by atoms with Crippen LogP contribution in [0.2, 0.25) is 0 Å². The Labute approximate surface area is 66.3 Å². The Balaban J connectivity index is 3.72. The molecule has 0 fully saturated rings. The lowest BCUT2D eigenvalue weighted by Gasteiger charge is -2.16. The molecule has 0 aromatic carbocycles. The van der Waals surface area contributed by atoms with Gasteiger partial charge in [0.05, 0.1) is 5.75 Å². The highest BCUT2D eigenvalue weighted by Gasteiger charge is 2.11. The maximum Gasteiger partial charge on any atom is 0.264 e. The third kappa shape index (κ3) is 6.24. The molecule has 11 heavy (non-hydrogen) atoms. The van der Waals surface area contributed by atoms with Gasteiger partial charge in [-0.05, 0) is 13.3 Å². The first-order valence-electron chi connectivity index (χ1n) is 3.20. The van der Waals surface area contributed by atoms with Crippen LogP contribution in [0.4, 0.5) is 0 Å². The molecule has 0 aliphatic rings. The highest BCUT2D eigenvalue weighted by atomic mass is 32.2. The summed E-state index contributed by atoms with van der Waals surface area (Å²) in [5.41, 5.74) is 0. The van der Waals surface area contributed by atoms with Crippen LogP contribution in [-0.4, -0.2) is 42.1 Å². The molecule has 0 aliphatic carbocycles. The number of hydrogen-bond acceptors (Lipinski definition) is 4. The van der Waals surface area contributed by atoms with Gasteiger partial charge in [-0.1, -0.05) is 0 Å². The molecule has 5 nitrogen and oxygen atoms in total. The lowest BCUT2D eigenvalue weighted by atomic mass is 10.3. The van der Waals surface area contributed by atoms with E-state index in [9.17, 15) is 8.42 Å². The number of nitrogens with zero attached hydrogens (tertiary/aromatic N) is 1. The third-order valence-electron chi connectivity index (χ3n) is 1.43. The fourth-order valence-corrected chi connectivity index (χ4v) is 1.15. The fourth-order valence-electron chi connectivity index (χ4n) is 0.506. The fraction of sp³-hybridized carbons (Fsp3) is 1.00. The Morgan fingerprint density at radius 3 is 2.27 bits per heavy atom. The van der Waals surface area contributed by atoms with Gasteiger partial charge in [-0.3, -0.25) is 4.55 Å². The van der Waals surface area contributed by atoms with Gasteiger partial charge in [-0.25, -0.2) is 0 Å². The van der Waals surface area contributed by atoms with E-state index in [1.54, 1.807) is 6.92 Å². The average molecular weight is 183 g/mol. The van der Waals surface area contributed by atoms with E-state index in [4.69, 9.17) is 9.76 Å². The number of rotatable bonds is 4. The van der Waals surface area contributed by atoms with Crippen LogP contribution >= 0.6 is 0 Å². The quantitative estimate of drug-likeness (QED) is 0.473. The molecule has 0 amide bonds. The zero-order valence-corrected chi connectivity index (χ0v) is 7.37. The van der Waals surface area contributed by atoms with Gasteiger partial charge in [0, 0.05) is 13.1 Å². The topological polar surface area (TPSA) is 77.8 Å². The van der Waals surface area contributed by atoms with Gasteiger partial charge in [-0.15, -0.1) is 0 Å². The first-order chi connectivity index (χ1) is 4.83. The predicted molar refractivity (Wildman–Crippen MR) is 40.0 cm³/mol. The lowest BCUT2D eigenvalue weighted by molar-refractivity contribution is -0.0971. The van der Waals surface area contributed by atoms with Gasteiger partial charge in [0.25, 0.3) is 10.1 Å². The Bertz CT molecular complexity index is 199. The normalized spacial score (nSPS) is 15.4. The van der Waals surface area contributed by atoms with Crippen LogP contribution in [0, 0.1) is 0 Å². The van der Waals surface area contributed by atoms with Crippen LogP contribution in [0.15, 0.2) is 0 Å². The SMILES string of the molecule is CC(CCS(=O)(=O)O)N(C)O. The van der Waals surface area contributed by atoms with E-state index in [-0.39, 0.29) is 18.2 Å². The summed E-state index contributed by atoms with van der Waals surface area (Å²) in [5, 5.41) is 9.68. The van der Waals surface area contributed by atoms with Crippen LogP contribution in [0.25, 0.3) is 0 Å². The van der Waals surface area contributed by atoms with Crippen LogP contribution in [0.5, 0.6) is 0 Å². The lowest BCUT2D eigenvalue weighted by Crippen LogP contribution is -2.27. The average Bonchev–Trinajstić information content (AvgIpc) is 1.80. The summed E-state index contributed by atoms with van der Waals surface area (Å²) in [5.74, 6) is -0.320. The largest absolute Gasteiger partial charge is 0.314 e. The second-order valence-corrected chi connectivity index (χ2v) is 4.07. The summed E-state index contributed by atoms with van der Waals surface area (Å²) in [7, 11) is -2.47. The number of hydroxylamine groups is 2.